The second-order valence-electron chi connectivity index (χ2n) is 3.91. The maximum Gasteiger partial charge on any atom is 0.231 e. The molecule has 1 aromatic carbocycles. The number of primary amides is 1. The monoisotopic (exact) mass is 205 g/mol. The molecule has 2 rings (SSSR count). The van der Waals surface area contributed by atoms with Crippen molar-refractivity contribution in [1.29, 1.82) is 0 Å². The number of amides is 1. The third kappa shape index (κ3) is 2.10. The summed E-state index contributed by atoms with van der Waals surface area (Å²) in [6, 6.07) is 5.92. The topological polar surface area (TPSA) is 72.4 Å². The third-order valence-electron chi connectivity index (χ3n) is 2.76. The summed E-state index contributed by atoms with van der Waals surface area (Å²) in [6.45, 7) is 1.95. The number of nitrogens with zero attached hydrogens (tertiary/aromatic N) is 1. The summed E-state index contributed by atoms with van der Waals surface area (Å²) >= 11 is 0. The average molecular weight is 205 g/mol. The highest BCUT2D eigenvalue weighted by Gasteiger charge is 2.18. The summed E-state index contributed by atoms with van der Waals surface area (Å²) in [5, 5.41) is 0. The number of carbonyl (C=O) groups excluding carboxylic acids is 1. The Labute approximate surface area is 88.9 Å². The lowest BCUT2D eigenvalue weighted by Crippen LogP contribution is -2.37. The van der Waals surface area contributed by atoms with Crippen molar-refractivity contribution >= 4 is 11.6 Å². The van der Waals surface area contributed by atoms with Crippen LogP contribution in [0.15, 0.2) is 18.2 Å². The molecular formula is C11H15N3O. The van der Waals surface area contributed by atoms with Crippen molar-refractivity contribution in [1.82, 2.24) is 4.90 Å². The van der Waals surface area contributed by atoms with Gasteiger partial charge >= 0.3 is 0 Å². The minimum absolute atomic E-state index is 0.276. The Morgan fingerprint density at radius 3 is 3.00 bits per heavy atom. The Morgan fingerprint density at radius 1 is 1.47 bits per heavy atom. The number of hydrogen-bond acceptors (Lipinski definition) is 3. The minimum Gasteiger partial charge on any atom is -0.398 e. The van der Waals surface area contributed by atoms with E-state index in [-0.39, 0.29) is 5.91 Å². The van der Waals surface area contributed by atoms with Gasteiger partial charge in [0.25, 0.3) is 0 Å². The van der Waals surface area contributed by atoms with Crippen LogP contribution in [-0.4, -0.2) is 23.9 Å². The number of nitrogen functional groups attached to an aromatic ring is 1. The molecular weight excluding hydrogens is 190 g/mol. The highest BCUT2D eigenvalue weighted by Crippen LogP contribution is 2.23. The number of nitrogens with two attached hydrogens (primary N) is 2. The van der Waals surface area contributed by atoms with Crippen LogP contribution in [0, 0.1) is 0 Å². The zero-order valence-corrected chi connectivity index (χ0v) is 8.57. The lowest BCUT2D eigenvalue weighted by molar-refractivity contribution is -0.119. The molecule has 0 bridgehead atoms. The highest BCUT2D eigenvalue weighted by atomic mass is 16.1. The zero-order valence-electron chi connectivity index (χ0n) is 8.57. The standard InChI is InChI=1S/C11H15N3O/c12-10-3-1-2-8-6-14(7-11(13)15)5-4-9(8)10/h1-3H,4-7,12H2,(H2,13,15). The molecule has 0 atom stereocenters. The molecule has 4 heteroatoms. The number of carbonyl (C=O) groups is 1. The van der Waals surface area contributed by atoms with Crippen LogP contribution in [0.4, 0.5) is 5.69 Å². The maximum absolute atomic E-state index is 10.8. The van der Waals surface area contributed by atoms with Gasteiger partial charge in [0.15, 0.2) is 0 Å². The summed E-state index contributed by atoms with van der Waals surface area (Å²) in [4.78, 5) is 12.8. The smallest absolute Gasteiger partial charge is 0.231 e. The van der Waals surface area contributed by atoms with Gasteiger partial charge in [-0.2, -0.15) is 0 Å². The van der Waals surface area contributed by atoms with E-state index in [9.17, 15) is 4.79 Å². The summed E-state index contributed by atoms with van der Waals surface area (Å²) < 4.78 is 0. The quantitative estimate of drug-likeness (QED) is 0.673. The van der Waals surface area contributed by atoms with E-state index in [1.54, 1.807) is 0 Å². The summed E-state index contributed by atoms with van der Waals surface area (Å²) in [7, 11) is 0. The van der Waals surface area contributed by atoms with Crippen molar-refractivity contribution in [3.63, 3.8) is 0 Å². The van der Waals surface area contributed by atoms with Crippen LogP contribution >= 0.6 is 0 Å². The molecule has 0 aromatic heterocycles. The van der Waals surface area contributed by atoms with Crippen molar-refractivity contribution in [2.45, 2.75) is 13.0 Å². The first-order valence-electron chi connectivity index (χ1n) is 5.03. The fourth-order valence-electron chi connectivity index (χ4n) is 2.05. The van der Waals surface area contributed by atoms with Crippen molar-refractivity contribution in [2.75, 3.05) is 18.8 Å². The van der Waals surface area contributed by atoms with Crippen molar-refractivity contribution in [2.24, 2.45) is 5.73 Å². The van der Waals surface area contributed by atoms with Crippen LogP contribution in [0.1, 0.15) is 11.1 Å². The van der Waals surface area contributed by atoms with Gasteiger partial charge in [-0.1, -0.05) is 12.1 Å². The van der Waals surface area contributed by atoms with Crippen LogP contribution in [0.3, 0.4) is 0 Å². The van der Waals surface area contributed by atoms with E-state index >= 15 is 0 Å². The van der Waals surface area contributed by atoms with E-state index in [4.69, 9.17) is 11.5 Å². The molecule has 0 unspecified atom stereocenters. The van der Waals surface area contributed by atoms with Crippen molar-refractivity contribution in [3.8, 4) is 0 Å². The van der Waals surface area contributed by atoms with Crippen LogP contribution in [-0.2, 0) is 17.8 Å². The molecule has 1 aliphatic heterocycles. The molecule has 4 N–H and O–H groups in total. The normalized spacial score (nSPS) is 16.0. The van der Waals surface area contributed by atoms with Crippen molar-refractivity contribution < 1.29 is 4.79 Å². The van der Waals surface area contributed by atoms with Gasteiger partial charge in [0.2, 0.25) is 5.91 Å². The fraction of sp³-hybridized carbons (Fsp3) is 0.364. The number of rotatable bonds is 2. The largest absolute Gasteiger partial charge is 0.398 e. The molecule has 0 fully saturated rings. The van der Waals surface area contributed by atoms with E-state index in [0.717, 1.165) is 25.2 Å². The van der Waals surface area contributed by atoms with Crippen LogP contribution in [0.25, 0.3) is 0 Å². The molecule has 1 aliphatic rings. The SMILES string of the molecule is NC(=O)CN1CCc2c(N)cccc2C1. The molecule has 0 saturated heterocycles. The van der Waals surface area contributed by atoms with Gasteiger partial charge < -0.3 is 11.5 Å². The van der Waals surface area contributed by atoms with Gasteiger partial charge in [0.05, 0.1) is 6.54 Å². The average Bonchev–Trinajstić information content (AvgIpc) is 2.17. The number of benzene rings is 1. The first-order valence-corrected chi connectivity index (χ1v) is 5.03. The minimum atomic E-state index is -0.276. The van der Waals surface area contributed by atoms with Gasteiger partial charge in [-0.15, -0.1) is 0 Å². The molecule has 0 spiro atoms. The summed E-state index contributed by atoms with van der Waals surface area (Å²) in [6.07, 6.45) is 0.898. The molecule has 0 radical (unpaired) electrons. The Kier molecular flexibility index (Phi) is 2.60. The molecule has 15 heavy (non-hydrogen) atoms. The van der Waals surface area contributed by atoms with Gasteiger partial charge in [-0.25, -0.2) is 0 Å². The van der Waals surface area contributed by atoms with E-state index in [0.29, 0.717) is 6.54 Å². The Hall–Kier alpha value is -1.55. The van der Waals surface area contributed by atoms with Gasteiger partial charge in [-0.05, 0) is 23.6 Å². The lowest BCUT2D eigenvalue weighted by atomic mass is 9.98. The second kappa shape index (κ2) is 3.90. The first kappa shape index (κ1) is 9.98. The fourth-order valence-corrected chi connectivity index (χ4v) is 2.05. The maximum atomic E-state index is 10.8. The predicted molar refractivity (Wildman–Crippen MR) is 59.0 cm³/mol. The van der Waals surface area contributed by atoms with E-state index < -0.39 is 0 Å². The van der Waals surface area contributed by atoms with Crippen LogP contribution in [0.5, 0.6) is 0 Å². The summed E-state index contributed by atoms with van der Waals surface area (Å²) in [5.74, 6) is -0.276. The van der Waals surface area contributed by atoms with E-state index in [1.165, 1.54) is 11.1 Å². The van der Waals surface area contributed by atoms with E-state index in [2.05, 4.69) is 6.07 Å². The Morgan fingerprint density at radius 2 is 2.27 bits per heavy atom. The van der Waals surface area contributed by atoms with Crippen LogP contribution < -0.4 is 11.5 Å². The van der Waals surface area contributed by atoms with Crippen LogP contribution in [0.2, 0.25) is 0 Å². The first-order chi connectivity index (χ1) is 7.16. The molecule has 0 aliphatic carbocycles. The second-order valence-corrected chi connectivity index (χ2v) is 3.91. The lowest BCUT2D eigenvalue weighted by Gasteiger charge is -2.28. The number of hydrogen-bond donors (Lipinski definition) is 2. The molecule has 1 heterocycles. The third-order valence-corrected chi connectivity index (χ3v) is 2.76. The molecule has 0 saturated carbocycles. The Balaban J connectivity index is 2.17. The zero-order chi connectivity index (χ0) is 10.8. The Bertz CT molecular complexity index is 389. The molecule has 1 aromatic rings. The number of fused-ring (bicyclic) bond motifs is 1. The van der Waals surface area contributed by atoms with Crippen molar-refractivity contribution in [3.05, 3.63) is 29.3 Å². The summed E-state index contributed by atoms with van der Waals surface area (Å²) in [5.41, 5.74) is 14.3. The molecule has 1 amide bonds. The highest BCUT2D eigenvalue weighted by molar-refractivity contribution is 5.76. The van der Waals surface area contributed by atoms with Gasteiger partial charge in [0.1, 0.15) is 0 Å². The number of anilines is 1. The molecule has 4 nitrogen and oxygen atoms in total. The molecule has 80 valence electrons. The van der Waals surface area contributed by atoms with Gasteiger partial charge in [0, 0.05) is 18.8 Å². The van der Waals surface area contributed by atoms with Gasteiger partial charge in [-0.3, -0.25) is 9.69 Å². The predicted octanol–water partition coefficient (Wildman–Crippen LogP) is 0.112. The van der Waals surface area contributed by atoms with E-state index in [1.807, 2.05) is 17.0 Å².